The van der Waals surface area contributed by atoms with E-state index in [9.17, 15) is 0 Å². The van der Waals surface area contributed by atoms with Crippen LogP contribution in [-0.2, 0) is 13.0 Å². The lowest BCUT2D eigenvalue weighted by Gasteiger charge is -2.13. The molecule has 3 heteroatoms. The minimum absolute atomic E-state index is 0.768. The Labute approximate surface area is 153 Å². The monoisotopic (exact) mass is 355 g/mol. The Balaban J connectivity index is 1.87. The van der Waals surface area contributed by atoms with Crippen molar-refractivity contribution in [1.29, 1.82) is 0 Å². The van der Waals surface area contributed by atoms with E-state index in [-0.39, 0.29) is 0 Å². The highest BCUT2D eigenvalue weighted by Gasteiger charge is 2.22. The number of hydrogen-bond donors (Lipinski definition) is 0. The topological polar surface area (TPSA) is 4.93 Å². The number of halogens is 1. The maximum atomic E-state index is 5.85. The molecule has 4 rings (SSSR count). The Hall–Kier alpha value is -1.38. The van der Waals surface area contributed by atoms with Gasteiger partial charge in [-0.1, -0.05) is 42.8 Å². The molecule has 24 heavy (non-hydrogen) atoms. The lowest BCUT2D eigenvalue weighted by molar-refractivity contribution is 0.620. The largest absolute Gasteiger partial charge is 0.340 e. The second-order valence-electron chi connectivity index (χ2n) is 6.34. The van der Waals surface area contributed by atoms with E-state index in [4.69, 9.17) is 11.6 Å². The van der Waals surface area contributed by atoms with Crippen molar-refractivity contribution < 1.29 is 0 Å². The number of aromatic nitrogens is 1. The van der Waals surface area contributed by atoms with Crippen LogP contribution in [0, 0.1) is 0 Å². The number of thioether (sulfide) groups is 1. The van der Waals surface area contributed by atoms with Crippen LogP contribution in [0.4, 0.5) is 0 Å². The van der Waals surface area contributed by atoms with Crippen LogP contribution in [0.3, 0.4) is 0 Å². The lowest BCUT2D eigenvalue weighted by Crippen LogP contribution is -2.01. The zero-order chi connectivity index (χ0) is 16.4. The van der Waals surface area contributed by atoms with Crippen molar-refractivity contribution in [3.63, 3.8) is 0 Å². The molecule has 1 aliphatic rings. The van der Waals surface area contributed by atoms with Crippen molar-refractivity contribution in [2.45, 2.75) is 37.1 Å². The third kappa shape index (κ3) is 2.87. The predicted octanol–water partition coefficient (Wildman–Crippen LogP) is 6.37. The first-order valence-electron chi connectivity index (χ1n) is 8.78. The highest BCUT2D eigenvalue weighted by molar-refractivity contribution is 7.99. The fourth-order valence-electron chi connectivity index (χ4n) is 3.76. The number of fused-ring (bicyclic) bond motifs is 5. The van der Waals surface area contributed by atoms with Gasteiger partial charge in [0.15, 0.2) is 0 Å². The van der Waals surface area contributed by atoms with Crippen molar-refractivity contribution in [2.75, 3.05) is 11.6 Å². The van der Waals surface area contributed by atoms with Gasteiger partial charge in [0.2, 0.25) is 0 Å². The van der Waals surface area contributed by atoms with Gasteiger partial charge in [-0.2, -0.15) is 0 Å². The van der Waals surface area contributed by atoms with Crippen molar-refractivity contribution in [1.82, 2.24) is 4.57 Å². The Morgan fingerprint density at radius 1 is 0.958 bits per heavy atom. The van der Waals surface area contributed by atoms with Crippen LogP contribution in [0.25, 0.3) is 22.2 Å². The summed E-state index contributed by atoms with van der Waals surface area (Å²) in [7, 11) is 0. The van der Waals surface area contributed by atoms with Gasteiger partial charge in [-0.3, -0.25) is 0 Å². The van der Waals surface area contributed by atoms with Crippen LogP contribution >= 0.6 is 23.4 Å². The molecule has 2 heterocycles. The first-order chi connectivity index (χ1) is 11.9. The van der Waals surface area contributed by atoms with E-state index in [1.807, 2.05) is 11.8 Å². The van der Waals surface area contributed by atoms with Crippen LogP contribution in [0.5, 0.6) is 0 Å². The fourth-order valence-corrected chi connectivity index (χ4v) is 4.97. The Morgan fingerprint density at radius 3 is 2.71 bits per heavy atom. The van der Waals surface area contributed by atoms with Crippen molar-refractivity contribution in [3.05, 3.63) is 54.1 Å². The molecule has 0 fully saturated rings. The van der Waals surface area contributed by atoms with Gasteiger partial charge < -0.3 is 4.57 Å². The molecule has 1 nitrogen and oxygen atoms in total. The summed E-state index contributed by atoms with van der Waals surface area (Å²) < 4.78 is 2.56. The van der Waals surface area contributed by atoms with Crippen LogP contribution in [0.1, 0.15) is 24.8 Å². The molecular weight excluding hydrogens is 334 g/mol. The van der Waals surface area contributed by atoms with E-state index in [2.05, 4.69) is 53.1 Å². The highest BCUT2D eigenvalue weighted by Crippen LogP contribution is 2.42. The van der Waals surface area contributed by atoms with Gasteiger partial charge in [0.05, 0.1) is 5.69 Å². The molecular formula is C21H22ClNS. The number of benzene rings is 2. The highest BCUT2D eigenvalue weighted by atomic mass is 35.5. The Kier molecular flexibility index (Phi) is 4.86. The molecule has 0 aliphatic carbocycles. The summed E-state index contributed by atoms with van der Waals surface area (Å²) >= 11 is 7.84. The van der Waals surface area contributed by atoms with Gasteiger partial charge in [-0.25, -0.2) is 0 Å². The summed E-state index contributed by atoms with van der Waals surface area (Å²) in [6, 6.07) is 17.8. The summed E-state index contributed by atoms with van der Waals surface area (Å²) in [5.74, 6) is 1.92. The van der Waals surface area contributed by atoms with Crippen LogP contribution < -0.4 is 0 Å². The second-order valence-corrected chi connectivity index (χ2v) is 7.85. The third-order valence-electron chi connectivity index (χ3n) is 4.84. The molecule has 1 aromatic heterocycles. The normalized spacial score (nSPS) is 13.5. The van der Waals surface area contributed by atoms with Gasteiger partial charge in [0.25, 0.3) is 0 Å². The number of alkyl halides is 1. The number of hydrogen-bond acceptors (Lipinski definition) is 1. The molecule has 0 saturated carbocycles. The number of nitrogens with zero attached hydrogens (tertiary/aromatic N) is 1. The minimum atomic E-state index is 0.768. The molecule has 3 aromatic rings. The van der Waals surface area contributed by atoms with E-state index in [1.54, 1.807) is 0 Å². The van der Waals surface area contributed by atoms with Crippen LogP contribution in [-0.4, -0.2) is 16.2 Å². The molecule has 0 amide bonds. The molecule has 0 unspecified atom stereocenters. The zero-order valence-electron chi connectivity index (χ0n) is 13.8. The van der Waals surface area contributed by atoms with Gasteiger partial charge in [-0.05, 0) is 37.0 Å². The summed E-state index contributed by atoms with van der Waals surface area (Å²) in [4.78, 5) is 1.42. The standard InChI is InChI=1S/C21H22ClNS/c22-13-6-1-7-14-23-19-10-4-2-8-16(19)17-12-15-24-20-11-5-3-9-18(20)21(17)23/h2-5,8-11H,1,6-7,12-15H2. The quantitative estimate of drug-likeness (QED) is 0.380. The molecule has 0 radical (unpaired) electrons. The first kappa shape index (κ1) is 16.1. The first-order valence-corrected chi connectivity index (χ1v) is 10.3. The van der Waals surface area contributed by atoms with E-state index >= 15 is 0 Å². The van der Waals surface area contributed by atoms with E-state index in [0.29, 0.717) is 0 Å². The second kappa shape index (κ2) is 7.25. The molecule has 0 saturated heterocycles. The van der Waals surface area contributed by atoms with E-state index in [0.717, 1.165) is 31.0 Å². The van der Waals surface area contributed by atoms with Crippen LogP contribution in [0.2, 0.25) is 0 Å². The molecule has 1 aliphatic heterocycles. The van der Waals surface area contributed by atoms with E-state index < -0.39 is 0 Å². The van der Waals surface area contributed by atoms with Gasteiger partial charge >= 0.3 is 0 Å². The summed E-state index contributed by atoms with van der Waals surface area (Å²) in [6.07, 6.45) is 4.63. The summed E-state index contributed by atoms with van der Waals surface area (Å²) in [5, 5.41) is 1.43. The molecule has 0 N–H and O–H groups in total. The number of para-hydroxylation sites is 1. The zero-order valence-corrected chi connectivity index (χ0v) is 15.4. The average Bonchev–Trinajstić information content (AvgIpc) is 2.80. The molecule has 0 atom stereocenters. The number of rotatable bonds is 5. The van der Waals surface area contributed by atoms with Gasteiger partial charge in [0, 0.05) is 39.5 Å². The number of unbranched alkanes of at least 4 members (excludes halogenated alkanes) is 2. The van der Waals surface area contributed by atoms with Crippen LogP contribution in [0.15, 0.2) is 53.4 Å². The molecule has 2 aromatic carbocycles. The molecule has 0 bridgehead atoms. The SMILES string of the molecule is ClCCCCCn1c2c(c3ccccc31)CCSc1ccccc1-2. The van der Waals surface area contributed by atoms with Crippen molar-refractivity contribution in [3.8, 4) is 11.3 Å². The summed E-state index contributed by atoms with van der Waals surface area (Å²) in [5.41, 5.74) is 5.77. The van der Waals surface area contributed by atoms with Crippen molar-refractivity contribution >= 4 is 34.3 Å². The lowest BCUT2D eigenvalue weighted by atomic mass is 10.0. The van der Waals surface area contributed by atoms with Crippen molar-refractivity contribution in [2.24, 2.45) is 0 Å². The maximum Gasteiger partial charge on any atom is 0.0535 e. The van der Waals surface area contributed by atoms with Gasteiger partial charge in [-0.15, -0.1) is 23.4 Å². The maximum absolute atomic E-state index is 5.85. The smallest absolute Gasteiger partial charge is 0.0535 e. The average molecular weight is 356 g/mol. The summed E-state index contributed by atoms with van der Waals surface area (Å²) in [6.45, 7) is 1.08. The minimum Gasteiger partial charge on any atom is -0.340 e. The number of aryl methyl sites for hydroxylation is 2. The van der Waals surface area contributed by atoms with Gasteiger partial charge in [0.1, 0.15) is 0 Å². The Morgan fingerprint density at radius 2 is 1.79 bits per heavy atom. The predicted molar refractivity (Wildman–Crippen MR) is 106 cm³/mol. The molecule has 124 valence electrons. The molecule has 0 spiro atoms. The fraction of sp³-hybridized carbons (Fsp3) is 0.333. The Bertz CT molecular complexity index is 852. The third-order valence-corrected chi connectivity index (χ3v) is 6.19. The van der Waals surface area contributed by atoms with E-state index in [1.165, 1.54) is 45.5 Å².